The molecule has 0 aromatic carbocycles. The second-order valence-corrected chi connectivity index (χ2v) is 7.43. The number of aromatic nitrogens is 3. The molecule has 5 heteroatoms. The largest absolute Gasteiger partial charge is 0.480 e. The van der Waals surface area contributed by atoms with Crippen molar-refractivity contribution in [2.75, 3.05) is 13.7 Å². The first-order valence-corrected chi connectivity index (χ1v) is 9.56. The van der Waals surface area contributed by atoms with E-state index in [0.717, 1.165) is 45.5 Å². The monoisotopic (exact) mass is 367 g/mol. The van der Waals surface area contributed by atoms with Crippen LogP contribution in [0.15, 0.2) is 24.4 Å². The van der Waals surface area contributed by atoms with Gasteiger partial charge >= 0.3 is 0 Å². The van der Waals surface area contributed by atoms with Gasteiger partial charge in [0, 0.05) is 11.9 Å². The van der Waals surface area contributed by atoms with E-state index in [1.165, 1.54) is 0 Å². The fourth-order valence-electron chi connectivity index (χ4n) is 3.53. The number of ether oxygens (including phenoxy) is 1. The first kappa shape index (κ1) is 19.4. The number of hydrogen-bond acceptors (Lipinski definition) is 4. The minimum Gasteiger partial charge on any atom is -0.480 e. The van der Waals surface area contributed by atoms with Crippen LogP contribution in [0.1, 0.15) is 56.0 Å². The molecule has 5 nitrogen and oxygen atoms in total. The zero-order valence-electron chi connectivity index (χ0n) is 17.1. The zero-order valence-corrected chi connectivity index (χ0v) is 17.1. The number of hydrogen-bond donors (Lipinski definition) is 1. The van der Waals surface area contributed by atoms with Gasteiger partial charge in [-0.2, -0.15) is 0 Å². The third-order valence-electron chi connectivity index (χ3n) is 5.17. The molecule has 0 fully saturated rings. The Hall–Kier alpha value is -2.40. The van der Waals surface area contributed by atoms with E-state index in [0.29, 0.717) is 11.8 Å². The van der Waals surface area contributed by atoms with Crippen molar-refractivity contribution in [3.05, 3.63) is 41.2 Å². The normalized spacial score (nSPS) is 12.7. The molecule has 0 aliphatic carbocycles. The Morgan fingerprint density at radius 3 is 2.48 bits per heavy atom. The molecule has 0 saturated carbocycles. The summed E-state index contributed by atoms with van der Waals surface area (Å²) in [5.41, 5.74) is 6.97. The number of aliphatic hydroxyl groups is 1. The maximum atomic E-state index is 9.72. The molecule has 0 aliphatic rings. The van der Waals surface area contributed by atoms with Crippen LogP contribution in [0.2, 0.25) is 0 Å². The number of pyridine rings is 2. The summed E-state index contributed by atoms with van der Waals surface area (Å²) in [6.45, 7) is 10.6. The van der Waals surface area contributed by atoms with Crippen LogP contribution >= 0.6 is 0 Å². The minimum absolute atomic E-state index is 0.0646. The molecule has 3 aromatic heterocycles. The zero-order chi connectivity index (χ0) is 19.7. The lowest BCUT2D eigenvalue weighted by molar-refractivity contribution is 0.227. The Morgan fingerprint density at radius 2 is 1.89 bits per heavy atom. The molecule has 0 bridgehead atoms. The summed E-state index contributed by atoms with van der Waals surface area (Å²) in [5.74, 6) is 0.945. The third-order valence-corrected chi connectivity index (χ3v) is 5.17. The minimum atomic E-state index is 0.0646. The van der Waals surface area contributed by atoms with Gasteiger partial charge in [0.2, 0.25) is 5.88 Å². The van der Waals surface area contributed by atoms with Gasteiger partial charge in [0.05, 0.1) is 42.0 Å². The van der Waals surface area contributed by atoms with Crippen molar-refractivity contribution in [3.63, 3.8) is 0 Å². The van der Waals surface area contributed by atoms with Crippen molar-refractivity contribution in [1.82, 2.24) is 14.5 Å². The Bertz CT molecular complexity index is 956. The Labute approximate surface area is 161 Å². The van der Waals surface area contributed by atoms with E-state index in [1.54, 1.807) is 7.11 Å². The Balaban J connectivity index is 2.20. The number of nitrogens with zero attached hydrogens (tertiary/aromatic N) is 3. The summed E-state index contributed by atoms with van der Waals surface area (Å²) in [6, 6.07) is 6.32. The fraction of sp³-hybridized carbons (Fsp3) is 0.455. The van der Waals surface area contributed by atoms with Crippen LogP contribution < -0.4 is 4.74 Å². The van der Waals surface area contributed by atoms with Gasteiger partial charge in [0.25, 0.3) is 0 Å². The number of aryl methyl sites for hydroxylation is 2. The topological polar surface area (TPSA) is 60.2 Å². The third kappa shape index (κ3) is 3.44. The highest BCUT2D eigenvalue weighted by molar-refractivity contribution is 5.85. The van der Waals surface area contributed by atoms with E-state index < -0.39 is 0 Å². The first-order valence-electron chi connectivity index (χ1n) is 9.56. The van der Waals surface area contributed by atoms with Gasteiger partial charge in [-0.05, 0) is 55.5 Å². The van der Waals surface area contributed by atoms with Gasteiger partial charge in [-0.3, -0.25) is 0 Å². The molecule has 0 amide bonds. The number of aliphatic hydroxyl groups excluding tert-OH is 1. The molecule has 1 atom stereocenters. The molecule has 1 N–H and O–H groups in total. The maximum Gasteiger partial charge on any atom is 0.222 e. The van der Waals surface area contributed by atoms with Crippen LogP contribution in [-0.4, -0.2) is 33.4 Å². The van der Waals surface area contributed by atoms with Crippen LogP contribution in [0.25, 0.3) is 22.3 Å². The molecule has 3 aromatic rings. The highest BCUT2D eigenvalue weighted by Gasteiger charge is 2.19. The fourth-order valence-corrected chi connectivity index (χ4v) is 3.53. The SMILES string of the molecule is CC[C@@H](CO)n1cc(C)c2nc(-c3ccc(C(C)C)nc3OC)c(C)cc21. The standard InChI is InChI=1S/C22H29N3O2/c1-7-16(12-26)25-11-15(5)21-19(25)10-14(4)20(24-21)17-8-9-18(13(2)3)23-22(17)27-6/h8-11,13,16,26H,7,12H2,1-6H3/t16-/m0/s1. The lowest BCUT2D eigenvalue weighted by atomic mass is 10.0. The van der Waals surface area contributed by atoms with Crippen molar-refractivity contribution in [2.24, 2.45) is 0 Å². The molecule has 27 heavy (non-hydrogen) atoms. The second kappa shape index (κ2) is 7.69. The van der Waals surface area contributed by atoms with Crippen LogP contribution in [0, 0.1) is 13.8 Å². The predicted octanol–water partition coefficient (Wildman–Crippen LogP) is 4.79. The summed E-state index contributed by atoms with van der Waals surface area (Å²) < 4.78 is 7.72. The number of fused-ring (bicyclic) bond motifs is 1. The molecule has 144 valence electrons. The van der Waals surface area contributed by atoms with Gasteiger partial charge in [-0.15, -0.1) is 0 Å². The summed E-state index contributed by atoms with van der Waals surface area (Å²) in [6.07, 6.45) is 2.96. The van der Waals surface area contributed by atoms with E-state index in [-0.39, 0.29) is 12.6 Å². The number of rotatable bonds is 6. The molecule has 0 spiro atoms. The number of methoxy groups -OCH3 is 1. The van der Waals surface area contributed by atoms with E-state index in [9.17, 15) is 5.11 Å². The molecule has 3 heterocycles. The lowest BCUT2D eigenvalue weighted by Gasteiger charge is -2.16. The van der Waals surface area contributed by atoms with Gasteiger partial charge < -0.3 is 14.4 Å². The Kier molecular flexibility index (Phi) is 5.51. The summed E-state index contributed by atoms with van der Waals surface area (Å²) >= 11 is 0. The van der Waals surface area contributed by atoms with Gasteiger partial charge in [0.15, 0.2) is 0 Å². The molecule has 0 radical (unpaired) electrons. The van der Waals surface area contributed by atoms with Gasteiger partial charge in [-0.1, -0.05) is 20.8 Å². The molecule has 0 aliphatic heterocycles. The van der Waals surface area contributed by atoms with E-state index in [4.69, 9.17) is 9.72 Å². The van der Waals surface area contributed by atoms with Crippen LogP contribution in [0.5, 0.6) is 5.88 Å². The summed E-state index contributed by atoms with van der Waals surface area (Å²) in [7, 11) is 1.65. The van der Waals surface area contributed by atoms with Crippen LogP contribution in [0.3, 0.4) is 0 Å². The van der Waals surface area contributed by atoms with Gasteiger partial charge in [-0.25, -0.2) is 9.97 Å². The summed E-state index contributed by atoms with van der Waals surface area (Å²) in [4.78, 5) is 9.65. The average molecular weight is 367 g/mol. The van der Waals surface area contributed by atoms with Crippen molar-refractivity contribution in [2.45, 2.75) is 53.0 Å². The molecular formula is C22H29N3O2. The first-order chi connectivity index (χ1) is 12.9. The quantitative estimate of drug-likeness (QED) is 0.680. The van der Waals surface area contributed by atoms with Crippen LogP contribution in [-0.2, 0) is 0 Å². The Morgan fingerprint density at radius 1 is 1.15 bits per heavy atom. The predicted molar refractivity (Wildman–Crippen MR) is 109 cm³/mol. The smallest absolute Gasteiger partial charge is 0.222 e. The van der Waals surface area contributed by atoms with E-state index >= 15 is 0 Å². The highest BCUT2D eigenvalue weighted by atomic mass is 16.5. The van der Waals surface area contributed by atoms with Crippen LogP contribution in [0.4, 0.5) is 0 Å². The molecule has 0 unspecified atom stereocenters. The van der Waals surface area contributed by atoms with Crippen molar-refractivity contribution >= 4 is 11.0 Å². The molecule has 0 saturated heterocycles. The maximum absolute atomic E-state index is 9.72. The molecular weight excluding hydrogens is 338 g/mol. The van der Waals surface area contributed by atoms with Crippen molar-refractivity contribution < 1.29 is 9.84 Å². The van der Waals surface area contributed by atoms with Gasteiger partial charge in [0.1, 0.15) is 0 Å². The van der Waals surface area contributed by atoms with Crippen molar-refractivity contribution in [3.8, 4) is 17.1 Å². The van der Waals surface area contributed by atoms with E-state index in [2.05, 4.69) is 62.5 Å². The lowest BCUT2D eigenvalue weighted by Crippen LogP contribution is -2.11. The highest BCUT2D eigenvalue weighted by Crippen LogP contribution is 2.34. The van der Waals surface area contributed by atoms with E-state index in [1.807, 2.05) is 6.07 Å². The summed E-state index contributed by atoms with van der Waals surface area (Å²) in [5, 5.41) is 9.72. The molecule has 3 rings (SSSR count). The average Bonchev–Trinajstić information content (AvgIpc) is 2.97. The second-order valence-electron chi connectivity index (χ2n) is 7.43. The van der Waals surface area contributed by atoms with Crippen molar-refractivity contribution in [1.29, 1.82) is 0 Å².